The van der Waals surface area contributed by atoms with Gasteiger partial charge in [0.15, 0.2) is 0 Å². The molecule has 0 aliphatic rings. The number of ether oxygens (including phenoxy) is 2. The molecule has 3 heteroatoms. The molecule has 112 valence electrons. The molecule has 0 spiro atoms. The van der Waals surface area contributed by atoms with Gasteiger partial charge in [-0.25, -0.2) is 0 Å². The molecule has 0 saturated carbocycles. The highest BCUT2D eigenvalue weighted by atomic mass is 127. The van der Waals surface area contributed by atoms with Gasteiger partial charge < -0.3 is 9.47 Å². The molecular weight excluding hydrogens is 375 g/mol. The molecule has 2 aromatic carbocycles. The van der Waals surface area contributed by atoms with E-state index in [1.165, 1.54) is 11.1 Å². The number of benzene rings is 2. The first-order valence-corrected chi connectivity index (χ1v) is 8.44. The Morgan fingerprint density at radius 1 is 0.952 bits per heavy atom. The van der Waals surface area contributed by atoms with Gasteiger partial charge in [-0.3, -0.25) is 0 Å². The summed E-state index contributed by atoms with van der Waals surface area (Å²) in [7, 11) is 0. The minimum Gasteiger partial charge on any atom is -0.492 e. The second kappa shape index (κ2) is 8.27. The van der Waals surface area contributed by atoms with E-state index in [4.69, 9.17) is 9.47 Å². The first kappa shape index (κ1) is 16.1. The van der Waals surface area contributed by atoms with Gasteiger partial charge in [0.2, 0.25) is 0 Å². The topological polar surface area (TPSA) is 18.5 Å². The van der Waals surface area contributed by atoms with Crippen molar-refractivity contribution in [2.45, 2.75) is 33.3 Å². The smallest absolute Gasteiger partial charge is 0.136 e. The number of halogens is 1. The third-order valence-corrected chi connectivity index (χ3v) is 4.04. The van der Waals surface area contributed by atoms with Crippen LogP contribution in [-0.4, -0.2) is 6.61 Å². The molecule has 2 nitrogen and oxygen atoms in total. The van der Waals surface area contributed by atoms with Crippen LogP contribution in [0.3, 0.4) is 0 Å². The predicted molar refractivity (Wildman–Crippen MR) is 95.1 cm³/mol. The van der Waals surface area contributed by atoms with E-state index in [-0.39, 0.29) is 0 Å². The Bertz CT molecular complexity index is 567. The summed E-state index contributed by atoms with van der Waals surface area (Å²) < 4.78 is 12.9. The van der Waals surface area contributed by atoms with E-state index in [0.717, 1.165) is 34.5 Å². The van der Waals surface area contributed by atoms with Gasteiger partial charge in [-0.05, 0) is 52.6 Å². The Morgan fingerprint density at radius 2 is 1.71 bits per heavy atom. The van der Waals surface area contributed by atoms with Crippen molar-refractivity contribution in [1.29, 1.82) is 0 Å². The molecule has 0 unspecified atom stereocenters. The van der Waals surface area contributed by atoms with E-state index >= 15 is 0 Å². The van der Waals surface area contributed by atoms with Crippen molar-refractivity contribution >= 4 is 22.6 Å². The van der Waals surface area contributed by atoms with Crippen LogP contribution in [0.15, 0.2) is 42.5 Å². The fourth-order valence-corrected chi connectivity index (χ4v) is 2.73. The zero-order valence-corrected chi connectivity index (χ0v) is 14.7. The Hall–Kier alpha value is -1.23. The number of hydrogen-bond acceptors (Lipinski definition) is 2. The first-order chi connectivity index (χ1) is 10.2. The van der Waals surface area contributed by atoms with Crippen molar-refractivity contribution in [1.82, 2.24) is 0 Å². The van der Waals surface area contributed by atoms with E-state index in [1.54, 1.807) is 0 Å². The lowest BCUT2D eigenvalue weighted by Gasteiger charge is -2.15. The van der Waals surface area contributed by atoms with E-state index in [1.807, 2.05) is 24.3 Å². The highest BCUT2D eigenvalue weighted by Gasteiger charge is 2.10. The van der Waals surface area contributed by atoms with Crippen LogP contribution in [0.25, 0.3) is 0 Å². The normalized spacial score (nSPS) is 10.4. The summed E-state index contributed by atoms with van der Waals surface area (Å²) >= 11 is 2.33. The van der Waals surface area contributed by atoms with Crippen LogP contribution in [0.1, 0.15) is 31.4 Å². The van der Waals surface area contributed by atoms with E-state index in [9.17, 15) is 0 Å². The van der Waals surface area contributed by atoms with Crippen LogP contribution in [-0.2, 0) is 13.0 Å². The molecule has 0 atom stereocenters. The van der Waals surface area contributed by atoms with Crippen molar-refractivity contribution < 1.29 is 9.47 Å². The Morgan fingerprint density at radius 3 is 2.38 bits per heavy atom. The van der Waals surface area contributed by atoms with Gasteiger partial charge in [-0.2, -0.15) is 0 Å². The minimum absolute atomic E-state index is 0.585. The van der Waals surface area contributed by atoms with Crippen molar-refractivity contribution in [2.24, 2.45) is 0 Å². The van der Waals surface area contributed by atoms with Crippen LogP contribution in [0.5, 0.6) is 11.5 Å². The van der Waals surface area contributed by atoms with Gasteiger partial charge in [0.1, 0.15) is 18.1 Å². The molecular formula is C18H21IO2. The fourth-order valence-electron chi connectivity index (χ4n) is 2.04. The SMILES string of the molecule is CCCOc1cc(OCc2ccccc2)c(CC)cc1I. The molecule has 21 heavy (non-hydrogen) atoms. The van der Waals surface area contributed by atoms with Gasteiger partial charge in [0, 0.05) is 6.07 Å². The highest BCUT2D eigenvalue weighted by Crippen LogP contribution is 2.31. The Balaban J connectivity index is 2.16. The molecule has 0 saturated heterocycles. The van der Waals surface area contributed by atoms with Gasteiger partial charge in [-0.15, -0.1) is 0 Å². The molecule has 0 aromatic heterocycles. The molecule has 2 aromatic rings. The van der Waals surface area contributed by atoms with Gasteiger partial charge in [0.05, 0.1) is 10.2 Å². The quantitative estimate of drug-likeness (QED) is 0.598. The molecule has 0 N–H and O–H groups in total. The zero-order chi connectivity index (χ0) is 15.1. The molecule has 0 amide bonds. The van der Waals surface area contributed by atoms with Crippen LogP contribution < -0.4 is 9.47 Å². The standard InChI is InChI=1S/C18H21IO2/c1-3-10-20-18-12-17(15(4-2)11-16(18)19)21-13-14-8-6-5-7-9-14/h5-9,11-12H,3-4,10,13H2,1-2H3. The second-order valence-electron chi connectivity index (χ2n) is 4.87. The summed E-state index contributed by atoms with van der Waals surface area (Å²) in [6.45, 7) is 5.58. The summed E-state index contributed by atoms with van der Waals surface area (Å²) in [5, 5.41) is 0. The lowest BCUT2D eigenvalue weighted by atomic mass is 10.1. The Kier molecular flexibility index (Phi) is 6.36. The molecule has 0 aliphatic carbocycles. The van der Waals surface area contributed by atoms with Crippen LogP contribution in [0, 0.1) is 3.57 Å². The molecule has 0 fully saturated rings. The third kappa shape index (κ3) is 4.63. The van der Waals surface area contributed by atoms with E-state index in [0.29, 0.717) is 6.61 Å². The molecule has 0 heterocycles. The van der Waals surface area contributed by atoms with Gasteiger partial charge in [0.25, 0.3) is 0 Å². The van der Waals surface area contributed by atoms with E-state index < -0.39 is 0 Å². The maximum atomic E-state index is 6.01. The average molecular weight is 396 g/mol. The van der Waals surface area contributed by atoms with E-state index in [2.05, 4.69) is 54.6 Å². The molecule has 2 rings (SSSR count). The maximum absolute atomic E-state index is 6.01. The van der Waals surface area contributed by atoms with Crippen molar-refractivity contribution in [3.8, 4) is 11.5 Å². The van der Waals surface area contributed by atoms with Gasteiger partial charge >= 0.3 is 0 Å². The predicted octanol–water partition coefficient (Wildman–Crippen LogP) is 5.22. The second-order valence-corrected chi connectivity index (χ2v) is 6.03. The summed E-state index contributed by atoms with van der Waals surface area (Å²) in [6, 6.07) is 14.4. The monoisotopic (exact) mass is 396 g/mol. The lowest BCUT2D eigenvalue weighted by Crippen LogP contribution is -2.02. The molecule has 0 aliphatic heterocycles. The Labute approximate surface area is 140 Å². The van der Waals surface area contributed by atoms with Crippen LogP contribution in [0.4, 0.5) is 0 Å². The summed E-state index contributed by atoms with van der Waals surface area (Å²) in [4.78, 5) is 0. The molecule has 0 bridgehead atoms. The largest absolute Gasteiger partial charge is 0.492 e. The summed E-state index contributed by atoms with van der Waals surface area (Å²) in [5.74, 6) is 1.84. The lowest BCUT2D eigenvalue weighted by molar-refractivity contribution is 0.291. The van der Waals surface area contributed by atoms with Gasteiger partial charge in [-0.1, -0.05) is 44.2 Å². The van der Waals surface area contributed by atoms with Crippen LogP contribution in [0.2, 0.25) is 0 Å². The fraction of sp³-hybridized carbons (Fsp3) is 0.333. The van der Waals surface area contributed by atoms with Crippen molar-refractivity contribution in [3.05, 3.63) is 57.2 Å². The van der Waals surface area contributed by atoms with Crippen molar-refractivity contribution in [3.63, 3.8) is 0 Å². The van der Waals surface area contributed by atoms with Crippen LogP contribution >= 0.6 is 22.6 Å². The number of rotatable bonds is 7. The highest BCUT2D eigenvalue weighted by molar-refractivity contribution is 14.1. The zero-order valence-electron chi connectivity index (χ0n) is 12.6. The first-order valence-electron chi connectivity index (χ1n) is 7.36. The third-order valence-electron chi connectivity index (χ3n) is 3.19. The minimum atomic E-state index is 0.585. The van der Waals surface area contributed by atoms with Crippen molar-refractivity contribution in [2.75, 3.05) is 6.61 Å². The summed E-state index contributed by atoms with van der Waals surface area (Å²) in [6.07, 6.45) is 1.96. The number of hydrogen-bond donors (Lipinski definition) is 0. The number of aryl methyl sites for hydroxylation is 1. The summed E-state index contributed by atoms with van der Waals surface area (Å²) in [5.41, 5.74) is 2.40. The molecule has 0 radical (unpaired) electrons. The maximum Gasteiger partial charge on any atom is 0.136 e. The average Bonchev–Trinajstić information content (AvgIpc) is 2.53.